The first-order valence-electron chi connectivity index (χ1n) is 8.71. The quantitative estimate of drug-likeness (QED) is 0.475. The second-order valence-electron chi connectivity index (χ2n) is 6.30. The van der Waals surface area contributed by atoms with Gasteiger partial charge in [0.15, 0.2) is 0 Å². The van der Waals surface area contributed by atoms with E-state index in [4.69, 9.17) is 4.74 Å². The zero-order valence-corrected chi connectivity index (χ0v) is 15.5. The van der Waals surface area contributed by atoms with Gasteiger partial charge in [-0.1, -0.05) is 30.3 Å². The molecule has 0 N–H and O–H groups in total. The molecule has 0 fully saturated rings. The van der Waals surface area contributed by atoms with Crippen molar-refractivity contribution < 1.29 is 13.9 Å². The Labute approximate surface area is 157 Å². The van der Waals surface area contributed by atoms with Crippen molar-refractivity contribution in [2.75, 3.05) is 0 Å². The fourth-order valence-corrected chi connectivity index (χ4v) is 2.88. The van der Waals surface area contributed by atoms with Crippen LogP contribution >= 0.6 is 0 Å². The molecule has 3 aromatic rings. The van der Waals surface area contributed by atoms with Crippen LogP contribution in [-0.4, -0.2) is 15.7 Å². The SMILES string of the molecule is Cc1nn(-c2ccccc2)c(C)c1/C=C/C(=O)O[C@@H](C)c1ccc(F)cc1. The minimum atomic E-state index is -0.461. The molecular weight excluding hydrogens is 343 g/mol. The van der Waals surface area contributed by atoms with Gasteiger partial charge in [0.05, 0.1) is 11.4 Å². The van der Waals surface area contributed by atoms with Gasteiger partial charge < -0.3 is 4.74 Å². The van der Waals surface area contributed by atoms with Crippen molar-refractivity contribution in [1.82, 2.24) is 9.78 Å². The van der Waals surface area contributed by atoms with E-state index in [-0.39, 0.29) is 5.82 Å². The maximum Gasteiger partial charge on any atom is 0.331 e. The van der Waals surface area contributed by atoms with Gasteiger partial charge >= 0.3 is 5.97 Å². The fraction of sp³-hybridized carbons (Fsp3) is 0.182. The first-order valence-corrected chi connectivity index (χ1v) is 8.71. The molecule has 27 heavy (non-hydrogen) atoms. The first-order chi connectivity index (χ1) is 13.0. The second kappa shape index (κ2) is 7.99. The number of hydrogen-bond acceptors (Lipinski definition) is 3. The number of aromatic nitrogens is 2. The summed E-state index contributed by atoms with van der Waals surface area (Å²) >= 11 is 0. The molecule has 1 heterocycles. The van der Waals surface area contributed by atoms with Crippen molar-refractivity contribution in [2.24, 2.45) is 0 Å². The molecule has 0 bridgehead atoms. The Hall–Kier alpha value is -3.21. The van der Waals surface area contributed by atoms with E-state index in [1.54, 1.807) is 25.1 Å². The normalized spacial score (nSPS) is 12.3. The van der Waals surface area contributed by atoms with Crippen LogP contribution in [0.25, 0.3) is 11.8 Å². The maximum absolute atomic E-state index is 13.0. The third-order valence-electron chi connectivity index (χ3n) is 4.37. The summed E-state index contributed by atoms with van der Waals surface area (Å²) in [6, 6.07) is 15.7. The Morgan fingerprint density at radius 1 is 1.11 bits per heavy atom. The number of para-hydroxylation sites is 1. The van der Waals surface area contributed by atoms with Gasteiger partial charge in [0.2, 0.25) is 0 Å². The summed E-state index contributed by atoms with van der Waals surface area (Å²) in [6.07, 6.45) is 2.65. The summed E-state index contributed by atoms with van der Waals surface area (Å²) < 4.78 is 20.2. The third-order valence-corrected chi connectivity index (χ3v) is 4.37. The van der Waals surface area contributed by atoms with Crippen LogP contribution in [-0.2, 0) is 9.53 Å². The highest BCUT2D eigenvalue weighted by molar-refractivity contribution is 5.87. The number of hydrogen-bond donors (Lipinski definition) is 0. The van der Waals surface area contributed by atoms with Crippen molar-refractivity contribution in [3.63, 3.8) is 0 Å². The predicted molar refractivity (Wildman–Crippen MR) is 103 cm³/mol. The number of carbonyl (C=O) groups excluding carboxylic acids is 1. The minimum Gasteiger partial charge on any atom is -0.455 e. The van der Waals surface area contributed by atoms with Gasteiger partial charge in [-0.05, 0) is 56.7 Å². The molecule has 5 heteroatoms. The number of nitrogens with zero attached hydrogens (tertiary/aromatic N) is 2. The number of rotatable bonds is 5. The van der Waals surface area contributed by atoms with Crippen LogP contribution in [0.3, 0.4) is 0 Å². The summed E-state index contributed by atoms with van der Waals surface area (Å²) in [5.74, 6) is -0.781. The molecule has 0 unspecified atom stereocenters. The molecule has 1 aromatic heterocycles. The standard InChI is InChI=1S/C22H21FN2O2/c1-15-21(16(2)25(24-15)20-7-5-4-6-8-20)13-14-22(26)27-17(3)18-9-11-19(23)12-10-18/h4-14,17H,1-3H3/b14-13+/t17-/m0/s1. The van der Waals surface area contributed by atoms with Gasteiger partial charge in [-0.15, -0.1) is 0 Å². The van der Waals surface area contributed by atoms with E-state index in [2.05, 4.69) is 5.10 Å². The van der Waals surface area contributed by atoms with Gasteiger partial charge in [-0.2, -0.15) is 5.10 Å². The van der Waals surface area contributed by atoms with Crippen molar-refractivity contribution in [1.29, 1.82) is 0 Å². The zero-order chi connectivity index (χ0) is 19.4. The lowest BCUT2D eigenvalue weighted by molar-refractivity contribution is -0.142. The minimum absolute atomic E-state index is 0.321. The Bertz CT molecular complexity index is 960. The summed E-state index contributed by atoms with van der Waals surface area (Å²) in [6.45, 7) is 5.61. The topological polar surface area (TPSA) is 44.1 Å². The highest BCUT2D eigenvalue weighted by Crippen LogP contribution is 2.20. The van der Waals surface area contributed by atoms with Gasteiger partial charge in [0, 0.05) is 17.3 Å². The Balaban J connectivity index is 1.73. The fourth-order valence-electron chi connectivity index (χ4n) is 2.88. The Kier molecular flexibility index (Phi) is 5.50. The summed E-state index contributed by atoms with van der Waals surface area (Å²) in [7, 11) is 0. The third kappa shape index (κ3) is 4.31. The highest BCUT2D eigenvalue weighted by Gasteiger charge is 2.13. The second-order valence-corrected chi connectivity index (χ2v) is 6.30. The van der Waals surface area contributed by atoms with Crippen LogP contribution in [0.2, 0.25) is 0 Å². The van der Waals surface area contributed by atoms with E-state index in [0.717, 1.165) is 28.2 Å². The molecule has 4 nitrogen and oxygen atoms in total. The average Bonchev–Trinajstić information content (AvgIpc) is 2.95. The molecule has 138 valence electrons. The van der Waals surface area contributed by atoms with Crippen molar-refractivity contribution >= 4 is 12.0 Å². The molecule has 1 atom stereocenters. The molecule has 3 rings (SSSR count). The molecule has 0 radical (unpaired) electrons. The molecule has 0 aliphatic rings. The number of aryl methyl sites for hydroxylation is 1. The smallest absolute Gasteiger partial charge is 0.331 e. The summed E-state index contributed by atoms with van der Waals surface area (Å²) in [5, 5.41) is 4.55. The Morgan fingerprint density at radius 3 is 2.44 bits per heavy atom. The molecule has 0 spiro atoms. The lowest BCUT2D eigenvalue weighted by atomic mass is 10.1. The van der Waals surface area contributed by atoms with Crippen molar-refractivity contribution in [3.05, 3.63) is 89.0 Å². The lowest BCUT2D eigenvalue weighted by Gasteiger charge is -2.12. The van der Waals surface area contributed by atoms with E-state index >= 15 is 0 Å². The maximum atomic E-state index is 13.0. The molecule has 0 amide bonds. The van der Waals surface area contributed by atoms with Crippen LogP contribution in [0, 0.1) is 19.7 Å². The van der Waals surface area contributed by atoms with Crippen molar-refractivity contribution in [3.8, 4) is 5.69 Å². The number of carbonyl (C=O) groups is 1. The van der Waals surface area contributed by atoms with Gasteiger partial charge in [0.1, 0.15) is 11.9 Å². The average molecular weight is 364 g/mol. The molecular formula is C22H21FN2O2. The monoisotopic (exact) mass is 364 g/mol. The number of halogens is 1. The zero-order valence-electron chi connectivity index (χ0n) is 15.5. The van der Waals surface area contributed by atoms with E-state index in [0.29, 0.717) is 0 Å². The van der Waals surface area contributed by atoms with E-state index in [1.807, 2.05) is 48.9 Å². The van der Waals surface area contributed by atoms with Crippen LogP contribution in [0.4, 0.5) is 4.39 Å². The number of esters is 1. The summed E-state index contributed by atoms with van der Waals surface area (Å²) in [5.41, 5.74) is 4.35. The van der Waals surface area contributed by atoms with E-state index < -0.39 is 12.1 Å². The molecule has 0 aliphatic carbocycles. The van der Waals surface area contributed by atoms with Gasteiger partial charge in [-0.3, -0.25) is 0 Å². The molecule has 0 aliphatic heterocycles. The largest absolute Gasteiger partial charge is 0.455 e. The van der Waals surface area contributed by atoms with Crippen LogP contribution in [0.5, 0.6) is 0 Å². The van der Waals surface area contributed by atoms with E-state index in [1.165, 1.54) is 18.2 Å². The number of ether oxygens (including phenoxy) is 1. The number of benzene rings is 2. The summed E-state index contributed by atoms with van der Waals surface area (Å²) in [4.78, 5) is 12.2. The Morgan fingerprint density at radius 2 is 1.78 bits per heavy atom. The van der Waals surface area contributed by atoms with Gasteiger partial charge in [0.25, 0.3) is 0 Å². The van der Waals surface area contributed by atoms with E-state index in [9.17, 15) is 9.18 Å². The highest BCUT2D eigenvalue weighted by atomic mass is 19.1. The van der Waals surface area contributed by atoms with Crippen molar-refractivity contribution in [2.45, 2.75) is 26.9 Å². The molecule has 0 saturated carbocycles. The predicted octanol–water partition coefficient (Wildman–Crippen LogP) is 4.95. The van der Waals surface area contributed by atoms with Crippen LogP contribution in [0.1, 0.15) is 35.5 Å². The van der Waals surface area contributed by atoms with Crippen LogP contribution < -0.4 is 0 Å². The lowest BCUT2D eigenvalue weighted by Crippen LogP contribution is -2.06. The van der Waals surface area contributed by atoms with Gasteiger partial charge in [-0.25, -0.2) is 13.9 Å². The molecule has 2 aromatic carbocycles. The van der Waals surface area contributed by atoms with Crippen LogP contribution in [0.15, 0.2) is 60.7 Å². The molecule has 0 saturated heterocycles. The first kappa shape index (κ1) is 18.6.